The fourth-order valence-electron chi connectivity index (χ4n) is 2.07. The molecule has 5 heteroatoms. The summed E-state index contributed by atoms with van der Waals surface area (Å²) in [7, 11) is 0. The van der Waals surface area contributed by atoms with Crippen molar-refractivity contribution in [1.82, 2.24) is 10.6 Å². The second-order valence-electron chi connectivity index (χ2n) is 4.55. The van der Waals surface area contributed by atoms with E-state index in [2.05, 4.69) is 26.6 Å². The molecule has 1 saturated heterocycles. The number of nitrogens with one attached hydrogen (secondary N) is 2. The molecule has 2 rings (SSSR count). The molecular formula is C13H16BrFN2O. The Bertz CT molecular complexity index is 433. The van der Waals surface area contributed by atoms with Crippen molar-refractivity contribution < 1.29 is 9.18 Å². The minimum Gasteiger partial charge on any atom is -0.352 e. The molecule has 0 spiro atoms. The highest BCUT2D eigenvalue weighted by Crippen LogP contribution is 2.16. The van der Waals surface area contributed by atoms with Crippen LogP contribution in [-0.2, 0) is 0 Å². The molecule has 98 valence electrons. The lowest BCUT2D eigenvalue weighted by molar-refractivity contribution is 0.0944. The van der Waals surface area contributed by atoms with E-state index in [1.807, 2.05) is 0 Å². The Kier molecular flexibility index (Phi) is 4.72. The molecule has 1 amide bonds. The lowest BCUT2D eigenvalue weighted by Gasteiger charge is -2.22. The summed E-state index contributed by atoms with van der Waals surface area (Å²) >= 11 is 3.07. The lowest BCUT2D eigenvalue weighted by atomic mass is 10.00. The van der Waals surface area contributed by atoms with Crippen molar-refractivity contribution in [2.75, 3.05) is 19.6 Å². The van der Waals surface area contributed by atoms with E-state index in [9.17, 15) is 9.18 Å². The standard InChI is InChI=1S/C13H16BrFN2O/c14-11-4-3-10(6-12(11)15)13(18)17-8-9-2-1-5-16-7-9/h3-4,6,9,16H,1-2,5,7-8H2,(H,17,18). The molecule has 1 unspecified atom stereocenters. The van der Waals surface area contributed by atoms with E-state index < -0.39 is 5.82 Å². The third-order valence-corrected chi connectivity index (χ3v) is 3.78. The first-order valence-corrected chi connectivity index (χ1v) is 6.90. The van der Waals surface area contributed by atoms with Gasteiger partial charge in [-0.3, -0.25) is 4.79 Å². The maximum Gasteiger partial charge on any atom is 0.251 e. The third kappa shape index (κ3) is 3.53. The van der Waals surface area contributed by atoms with Crippen LogP contribution in [0.15, 0.2) is 22.7 Å². The number of amides is 1. The number of halogens is 2. The Balaban J connectivity index is 1.88. The van der Waals surface area contributed by atoms with Gasteiger partial charge in [-0.15, -0.1) is 0 Å². The Hall–Kier alpha value is -0.940. The van der Waals surface area contributed by atoms with Crippen molar-refractivity contribution in [3.63, 3.8) is 0 Å². The van der Waals surface area contributed by atoms with Gasteiger partial charge in [-0.2, -0.15) is 0 Å². The van der Waals surface area contributed by atoms with Crippen LogP contribution < -0.4 is 10.6 Å². The van der Waals surface area contributed by atoms with Crippen molar-refractivity contribution in [3.8, 4) is 0 Å². The molecule has 3 nitrogen and oxygen atoms in total. The highest BCUT2D eigenvalue weighted by Gasteiger charge is 2.15. The molecule has 0 aromatic heterocycles. The largest absolute Gasteiger partial charge is 0.352 e. The van der Waals surface area contributed by atoms with Gasteiger partial charge in [0.25, 0.3) is 5.91 Å². The normalized spacial score (nSPS) is 19.6. The predicted molar refractivity (Wildman–Crippen MR) is 72.0 cm³/mol. The molecule has 1 aromatic carbocycles. The fourth-order valence-corrected chi connectivity index (χ4v) is 2.32. The topological polar surface area (TPSA) is 41.1 Å². The summed E-state index contributed by atoms with van der Waals surface area (Å²) < 4.78 is 13.7. The molecular weight excluding hydrogens is 299 g/mol. The number of hydrogen-bond donors (Lipinski definition) is 2. The molecule has 1 aliphatic rings. The summed E-state index contributed by atoms with van der Waals surface area (Å²) in [6, 6.07) is 4.41. The molecule has 2 N–H and O–H groups in total. The van der Waals surface area contributed by atoms with Gasteiger partial charge in [0.15, 0.2) is 0 Å². The van der Waals surface area contributed by atoms with E-state index in [1.54, 1.807) is 12.1 Å². The van der Waals surface area contributed by atoms with Crippen LogP contribution in [0, 0.1) is 11.7 Å². The van der Waals surface area contributed by atoms with Crippen LogP contribution in [0.1, 0.15) is 23.2 Å². The zero-order valence-electron chi connectivity index (χ0n) is 10.0. The first-order chi connectivity index (χ1) is 8.66. The van der Waals surface area contributed by atoms with Crippen molar-refractivity contribution in [2.24, 2.45) is 5.92 Å². The maximum absolute atomic E-state index is 13.3. The van der Waals surface area contributed by atoms with Gasteiger partial charge in [-0.05, 0) is 66.0 Å². The Labute approximate surface area is 114 Å². The molecule has 0 aliphatic carbocycles. The smallest absolute Gasteiger partial charge is 0.251 e. The van der Waals surface area contributed by atoms with Gasteiger partial charge in [0.05, 0.1) is 4.47 Å². The van der Waals surface area contributed by atoms with Gasteiger partial charge < -0.3 is 10.6 Å². The van der Waals surface area contributed by atoms with Gasteiger partial charge >= 0.3 is 0 Å². The van der Waals surface area contributed by atoms with Crippen LogP contribution in [0.4, 0.5) is 4.39 Å². The zero-order valence-corrected chi connectivity index (χ0v) is 11.6. The minimum absolute atomic E-state index is 0.216. The second-order valence-corrected chi connectivity index (χ2v) is 5.41. The summed E-state index contributed by atoms with van der Waals surface area (Å²) in [4.78, 5) is 11.8. The van der Waals surface area contributed by atoms with Crippen molar-refractivity contribution >= 4 is 21.8 Å². The van der Waals surface area contributed by atoms with Crippen LogP contribution in [-0.4, -0.2) is 25.5 Å². The number of carbonyl (C=O) groups is 1. The summed E-state index contributed by atoms with van der Waals surface area (Å²) in [5.74, 6) is -0.156. The number of rotatable bonds is 3. The van der Waals surface area contributed by atoms with Gasteiger partial charge in [0.1, 0.15) is 5.82 Å². The van der Waals surface area contributed by atoms with Crippen LogP contribution in [0.3, 0.4) is 0 Å². The molecule has 0 saturated carbocycles. The number of benzene rings is 1. The molecule has 1 heterocycles. The molecule has 1 fully saturated rings. The maximum atomic E-state index is 13.3. The van der Waals surface area contributed by atoms with E-state index in [-0.39, 0.29) is 5.91 Å². The highest BCUT2D eigenvalue weighted by atomic mass is 79.9. The monoisotopic (exact) mass is 314 g/mol. The Morgan fingerprint density at radius 1 is 1.56 bits per heavy atom. The van der Waals surface area contributed by atoms with E-state index in [0.29, 0.717) is 22.5 Å². The van der Waals surface area contributed by atoms with Gasteiger partial charge in [-0.25, -0.2) is 4.39 Å². The van der Waals surface area contributed by atoms with Crippen LogP contribution in [0.5, 0.6) is 0 Å². The summed E-state index contributed by atoms with van der Waals surface area (Å²) in [6.45, 7) is 2.64. The quantitative estimate of drug-likeness (QED) is 0.899. The molecule has 1 atom stereocenters. The number of piperidine rings is 1. The minimum atomic E-state index is -0.415. The molecule has 0 radical (unpaired) electrons. The van der Waals surface area contributed by atoms with E-state index >= 15 is 0 Å². The van der Waals surface area contributed by atoms with E-state index in [0.717, 1.165) is 25.9 Å². The summed E-state index contributed by atoms with van der Waals surface area (Å²) in [5, 5.41) is 6.15. The molecule has 18 heavy (non-hydrogen) atoms. The van der Waals surface area contributed by atoms with Crippen LogP contribution >= 0.6 is 15.9 Å². The fraction of sp³-hybridized carbons (Fsp3) is 0.462. The highest BCUT2D eigenvalue weighted by molar-refractivity contribution is 9.10. The van der Waals surface area contributed by atoms with Crippen molar-refractivity contribution in [3.05, 3.63) is 34.1 Å². The Morgan fingerprint density at radius 2 is 2.39 bits per heavy atom. The van der Waals surface area contributed by atoms with Gasteiger partial charge in [-0.1, -0.05) is 0 Å². The van der Waals surface area contributed by atoms with Crippen LogP contribution in [0.2, 0.25) is 0 Å². The first kappa shape index (κ1) is 13.5. The second kappa shape index (κ2) is 6.29. The summed E-state index contributed by atoms with van der Waals surface area (Å²) in [5.41, 5.74) is 0.361. The molecule has 0 bridgehead atoms. The molecule has 1 aliphatic heterocycles. The van der Waals surface area contributed by atoms with Crippen molar-refractivity contribution in [2.45, 2.75) is 12.8 Å². The zero-order chi connectivity index (χ0) is 13.0. The summed E-state index contributed by atoms with van der Waals surface area (Å²) in [6.07, 6.45) is 2.27. The van der Waals surface area contributed by atoms with Gasteiger partial charge in [0.2, 0.25) is 0 Å². The van der Waals surface area contributed by atoms with Crippen LogP contribution in [0.25, 0.3) is 0 Å². The SMILES string of the molecule is O=C(NCC1CCCNC1)c1ccc(Br)c(F)c1. The average Bonchev–Trinajstić information content (AvgIpc) is 2.40. The molecule has 1 aromatic rings. The van der Waals surface area contributed by atoms with E-state index in [4.69, 9.17) is 0 Å². The van der Waals surface area contributed by atoms with Gasteiger partial charge in [0, 0.05) is 12.1 Å². The number of carbonyl (C=O) groups excluding carboxylic acids is 1. The average molecular weight is 315 g/mol. The first-order valence-electron chi connectivity index (χ1n) is 6.11. The Morgan fingerprint density at radius 3 is 3.06 bits per heavy atom. The third-order valence-electron chi connectivity index (χ3n) is 3.13. The lowest BCUT2D eigenvalue weighted by Crippen LogP contribution is -2.38. The number of hydrogen-bond acceptors (Lipinski definition) is 2. The predicted octanol–water partition coefficient (Wildman–Crippen LogP) is 2.32. The van der Waals surface area contributed by atoms with E-state index in [1.165, 1.54) is 6.07 Å². The van der Waals surface area contributed by atoms with Crippen molar-refractivity contribution in [1.29, 1.82) is 0 Å².